The number of benzene rings is 3. The van der Waals surface area contributed by atoms with E-state index in [0.29, 0.717) is 29.2 Å². The molecular formula is C22H19N5O3. The number of carboxylic acid groups (broad SMARTS) is 1. The molecule has 0 aliphatic carbocycles. The van der Waals surface area contributed by atoms with Crippen LogP contribution in [0.15, 0.2) is 72.9 Å². The van der Waals surface area contributed by atoms with Crippen LogP contribution in [0.5, 0.6) is 0 Å². The van der Waals surface area contributed by atoms with E-state index in [4.69, 9.17) is 10.8 Å². The smallest absolute Gasteiger partial charge is 0.409 e. The van der Waals surface area contributed by atoms with E-state index >= 15 is 0 Å². The number of nitrogens with zero attached hydrogens (tertiary/aromatic N) is 2. The molecule has 0 atom stereocenters. The lowest BCUT2D eigenvalue weighted by Gasteiger charge is -2.08. The fourth-order valence-electron chi connectivity index (χ4n) is 3.11. The van der Waals surface area contributed by atoms with Crippen LogP contribution in [-0.2, 0) is 6.54 Å². The molecule has 5 N–H and O–H groups in total. The number of anilines is 3. The fraction of sp³-hybridized carbons (Fsp3) is 0.0455. The third-order valence-corrected chi connectivity index (χ3v) is 4.57. The number of carbonyl (C=O) groups is 2. The predicted octanol–water partition coefficient (Wildman–Crippen LogP) is 4.01. The molecule has 0 aliphatic heterocycles. The molecule has 0 radical (unpaired) electrons. The maximum atomic E-state index is 12.4. The van der Waals surface area contributed by atoms with Gasteiger partial charge in [-0.2, -0.15) is 5.10 Å². The number of fused-ring (bicyclic) bond motifs is 1. The summed E-state index contributed by atoms with van der Waals surface area (Å²) in [4.78, 5) is 23.2. The molecular weight excluding hydrogens is 382 g/mol. The van der Waals surface area contributed by atoms with Gasteiger partial charge in [0.1, 0.15) is 0 Å². The highest BCUT2D eigenvalue weighted by atomic mass is 16.4. The third kappa shape index (κ3) is 4.22. The van der Waals surface area contributed by atoms with E-state index in [9.17, 15) is 9.59 Å². The molecule has 0 saturated carbocycles. The molecule has 0 unspecified atom stereocenters. The summed E-state index contributed by atoms with van der Waals surface area (Å²) >= 11 is 0. The molecule has 1 aromatic heterocycles. The van der Waals surface area contributed by atoms with Crippen LogP contribution in [0, 0.1) is 0 Å². The van der Waals surface area contributed by atoms with Gasteiger partial charge < -0.3 is 16.2 Å². The summed E-state index contributed by atoms with van der Waals surface area (Å²) in [6.07, 6.45) is 0.738. The summed E-state index contributed by atoms with van der Waals surface area (Å²) < 4.78 is 1.77. The van der Waals surface area contributed by atoms with Crippen molar-refractivity contribution in [1.82, 2.24) is 9.78 Å². The number of hydrogen-bond acceptors (Lipinski definition) is 4. The minimum atomic E-state index is -1.11. The minimum Gasteiger partial charge on any atom is -0.465 e. The molecule has 0 spiro atoms. The quantitative estimate of drug-likeness (QED) is 0.376. The molecule has 30 heavy (non-hydrogen) atoms. The first-order valence-corrected chi connectivity index (χ1v) is 9.20. The minimum absolute atomic E-state index is 0.234. The number of amides is 2. The van der Waals surface area contributed by atoms with Crippen LogP contribution in [0.2, 0.25) is 0 Å². The van der Waals surface area contributed by atoms with Crippen LogP contribution >= 0.6 is 0 Å². The van der Waals surface area contributed by atoms with Gasteiger partial charge in [0.2, 0.25) is 0 Å². The number of para-hydroxylation sites is 2. The Morgan fingerprint density at radius 1 is 1.00 bits per heavy atom. The van der Waals surface area contributed by atoms with Crippen molar-refractivity contribution in [2.45, 2.75) is 6.54 Å². The second-order valence-corrected chi connectivity index (χ2v) is 6.77. The van der Waals surface area contributed by atoms with E-state index in [-0.39, 0.29) is 5.91 Å². The van der Waals surface area contributed by atoms with Gasteiger partial charge in [-0.05, 0) is 48.0 Å². The summed E-state index contributed by atoms with van der Waals surface area (Å²) in [7, 11) is 0. The van der Waals surface area contributed by atoms with Gasteiger partial charge in [-0.3, -0.25) is 14.8 Å². The Morgan fingerprint density at radius 2 is 1.77 bits per heavy atom. The van der Waals surface area contributed by atoms with E-state index in [2.05, 4.69) is 15.7 Å². The van der Waals surface area contributed by atoms with Gasteiger partial charge in [0.05, 0.1) is 23.4 Å². The summed E-state index contributed by atoms with van der Waals surface area (Å²) in [6.45, 7) is 0.518. The van der Waals surface area contributed by atoms with Crippen molar-refractivity contribution in [2.75, 3.05) is 16.4 Å². The van der Waals surface area contributed by atoms with E-state index in [1.807, 2.05) is 30.5 Å². The zero-order valence-electron chi connectivity index (χ0n) is 15.9. The highest BCUT2D eigenvalue weighted by molar-refractivity contribution is 6.05. The number of rotatable bonds is 5. The van der Waals surface area contributed by atoms with Crippen molar-refractivity contribution < 1.29 is 14.7 Å². The first-order chi connectivity index (χ1) is 14.5. The van der Waals surface area contributed by atoms with E-state index < -0.39 is 6.09 Å². The largest absolute Gasteiger partial charge is 0.465 e. The van der Waals surface area contributed by atoms with Gasteiger partial charge in [0, 0.05) is 22.8 Å². The number of hydrogen-bond donors (Lipinski definition) is 4. The molecule has 150 valence electrons. The van der Waals surface area contributed by atoms with Crippen LogP contribution in [0.25, 0.3) is 10.9 Å². The van der Waals surface area contributed by atoms with Crippen molar-refractivity contribution in [2.24, 2.45) is 0 Å². The Hall–Kier alpha value is -4.33. The first-order valence-electron chi connectivity index (χ1n) is 9.20. The monoisotopic (exact) mass is 401 g/mol. The third-order valence-electron chi connectivity index (χ3n) is 4.57. The molecule has 0 aliphatic rings. The van der Waals surface area contributed by atoms with Crippen LogP contribution in [0.1, 0.15) is 15.9 Å². The van der Waals surface area contributed by atoms with E-state index in [0.717, 1.165) is 16.5 Å². The Bertz CT molecular complexity index is 1230. The molecule has 2 amide bonds. The number of nitrogen functional groups attached to an aromatic ring is 1. The van der Waals surface area contributed by atoms with Crippen molar-refractivity contribution in [1.29, 1.82) is 0 Å². The summed E-state index contributed by atoms with van der Waals surface area (Å²) in [5.41, 5.74) is 9.70. The van der Waals surface area contributed by atoms with Crippen molar-refractivity contribution in [3.8, 4) is 0 Å². The molecule has 3 aromatic carbocycles. The summed E-state index contributed by atoms with van der Waals surface area (Å²) in [6, 6.07) is 19.5. The fourth-order valence-corrected chi connectivity index (χ4v) is 3.11. The second kappa shape index (κ2) is 7.96. The van der Waals surface area contributed by atoms with Gasteiger partial charge in [-0.25, -0.2) is 4.79 Å². The highest BCUT2D eigenvalue weighted by Gasteiger charge is 2.09. The summed E-state index contributed by atoms with van der Waals surface area (Å²) in [5.74, 6) is -0.234. The normalized spacial score (nSPS) is 10.7. The maximum absolute atomic E-state index is 12.4. The number of aromatic nitrogens is 2. The number of nitrogens with one attached hydrogen (secondary N) is 2. The molecule has 8 heteroatoms. The average Bonchev–Trinajstić information content (AvgIpc) is 3.11. The topological polar surface area (TPSA) is 122 Å². The molecule has 4 aromatic rings. The predicted molar refractivity (Wildman–Crippen MR) is 116 cm³/mol. The summed E-state index contributed by atoms with van der Waals surface area (Å²) in [5, 5.41) is 19.3. The number of nitrogens with two attached hydrogens (primary N) is 1. The molecule has 0 bridgehead atoms. The van der Waals surface area contributed by atoms with Crippen molar-refractivity contribution >= 4 is 40.0 Å². The molecule has 4 rings (SSSR count). The number of carbonyl (C=O) groups excluding carboxylic acids is 1. The lowest BCUT2D eigenvalue weighted by atomic mass is 10.1. The molecule has 8 nitrogen and oxygen atoms in total. The van der Waals surface area contributed by atoms with Gasteiger partial charge in [0.15, 0.2) is 0 Å². The van der Waals surface area contributed by atoms with Crippen molar-refractivity contribution in [3.05, 3.63) is 84.1 Å². The zero-order chi connectivity index (χ0) is 21.1. The Kier molecular flexibility index (Phi) is 5.04. The average molecular weight is 401 g/mol. The van der Waals surface area contributed by atoms with Crippen LogP contribution in [-0.4, -0.2) is 26.9 Å². The highest BCUT2D eigenvalue weighted by Crippen LogP contribution is 2.20. The second-order valence-electron chi connectivity index (χ2n) is 6.77. The van der Waals surface area contributed by atoms with Gasteiger partial charge >= 0.3 is 6.09 Å². The standard InChI is InChI=1S/C22H19N5O3/c23-18-3-1-2-4-20(18)25-21(28)15-7-5-14(6-8-15)12-27-13-16-11-17(24-22(29)30)9-10-19(16)26-27/h1-11,13,24H,12,23H2,(H,25,28)(H,29,30). The van der Waals surface area contributed by atoms with Crippen LogP contribution in [0.3, 0.4) is 0 Å². The first kappa shape index (κ1) is 19.0. The lowest BCUT2D eigenvalue weighted by molar-refractivity contribution is 0.102. The van der Waals surface area contributed by atoms with Gasteiger partial charge in [0.25, 0.3) is 5.91 Å². The SMILES string of the molecule is Nc1ccccc1NC(=O)c1ccc(Cn2cc3cc(NC(=O)O)ccc3n2)cc1. The molecule has 0 fully saturated rings. The van der Waals surface area contributed by atoms with Gasteiger partial charge in [-0.1, -0.05) is 24.3 Å². The maximum Gasteiger partial charge on any atom is 0.409 e. The molecule has 1 heterocycles. The Labute approximate surface area is 171 Å². The Balaban J connectivity index is 1.46. The lowest BCUT2D eigenvalue weighted by Crippen LogP contribution is -2.13. The zero-order valence-corrected chi connectivity index (χ0v) is 15.9. The Morgan fingerprint density at radius 3 is 2.50 bits per heavy atom. The molecule has 0 saturated heterocycles. The van der Waals surface area contributed by atoms with E-state index in [1.54, 1.807) is 47.1 Å². The van der Waals surface area contributed by atoms with Gasteiger partial charge in [-0.15, -0.1) is 0 Å². The van der Waals surface area contributed by atoms with Crippen molar-refractivity contribution in [3.63, 3.8) is 0 Å². The van der Waals surface area contributed by atoms with Crippen LogP contribution < -0.4 is 16.4 Å². The van der Waals surface area contributed by atoms with Crippen LogP contribution in [0.4, 0.5) is 21.9 Å². The van der Waals surface area contributed by atoms with E-state index in [1.165, 1.54) is 0 Å².